The van der Waals surface area contributed by atoms with E-state index in [1.807, 2.05) is 45.0 Å². The largest absolute Gasteiger partial charge is 0.481 e. The summed E-state index contributed by atoms with van der Waals surface area (Å²) in [7, 11) is 0. The lowest BCUT2D eigenvalue weighted by Gasteiger charge is -2.25. The quantitative estimate of drug-likeness (QED) is 0.840. The average molecular weight is 278 g/mol. The van der Waals surface area contributed by atoms with Gasteiger partial charge in [0.1, 0.15) is 0 Å². The molecule has 0 fully saturated rings. The Morgan fingerprint density at radius 2 is 2.05 bits per heavy atom. The number of carboxylic acids is 1. The van der Waals surface area contributed by atoms with Crippen LogP contribution in [0.2, 0.25) is 0 Å². The Hall–Kier alpha value is -2.04. The summed E-state index contributed by atoms with van der Waals surface area (Å²) in [6, 6.07) is 7.06. The molecule has 0 aliphatic carbocycles. The molecule has 1 rings (SSSR count). The van der Waals surface area contributed by atoms with Crippen molar-refractivity contribution in [2.24, 2.45) is 0 Å². The molecule has 1 atom stereocenters. The highest BCUT2D eigenvalue weighted by atomic mass is 16.4. The van der Waals surface area contributed by atoms with Crippen molar-refractivity contribution in [3.8, 4) is 0 Å². The summed E-state index contributed by atoms with van der Waals surface area (Å²) in [5.74, 6) is -0.907. The second-order valence-corrected chi connectivity index (χ2v) is 4.74. The van der Waals surface area contributed by atoms with Gasteiger partial charge >= 0.3 is 12.0 Å². The zero-order chi connectivity index (χ0) is 15.1. The van der Waals surface area contributed by atoms with Gasteiger partial charge in [0.05, 0.1) is 6.42 Å². The van der Waals surface area contributed by atoms with E-state index in [0.29, 0.717) is 13.0 Å². The Bertz CT molecular complexity index is 474. The number of rotatable bonds is 6. The van der Waals surface area contributed by atoms with Gasteiger partial charge in [0, 0.05) is 18.3 Å². The summed E-state index contributed by atoms with van der Waals surface area (Å²) in [4.78, 5) is 24.6. The normalized spacial score (nSPS) is 11.8. The second kappa shape index (κ2) is 7.53. The molecule has 0 bridgehead atoms. The Kier molecular flexibility index (Phi) is 6.03. The molecule has 2 amide bonds. The van der Waals surface area contributed by atoms with Crippen molar-refractivity contribution in [2.45, 2.75) is 39.7 Å². The van der Waals surface area contributed by atoms with Crippen molar-refractivity contribution in [1.82, 2.24) is 5.32 Å². The van der Waals surface area contributed by atoms with Crippen LogP contribution in [0.4, 0.5) is 10.5 Å². The van der Waals surface area contributed by atoms with Crippen LogP contribution < -0.4 is 10.2 Å². The molecule has 0 spiro atoms. The third kappa shape index (κ3) is 4.57. The zero-order valence-corrected chi connectivity index (χ0v) is 12.2. The standard InChI is InChI=1S/C15H22N2O3/c1-4-12(10-14(18)19)16-15(20)17(5-2)13-8-6-7-11(3)9-13/h6-9,12H,4-5,10H2,1-3H3,(H,16,20)(H,18,19). The summed E-state index contributed by atoms with van der Waals surface area (Å²) in [5, 5.41) is 11.6. The van der Waals surface area contributed by atoms with Crippen molar-refractivity contribution in [3.05, 3.63) is 29.8 Å². The lowest BCUT2D eigenvalue weighted by molar-refractivity contribution is -0.137. The number of carbonyl (C=O) groups is 2. The smallest absolute Gasteiger partial charge is 0.322 e. The van der Waals surface area contributed by atoms with Crippen molar-refractivity contribution < 1.29 is 14.7 Å². The van der Waals surface area contributed by atoms with Gasteiger partial charge in [-0.05, 0) is 38.0 Å². The van der Waals surface area contributed by atoms with Crippen LogP contribution in [0.3, 0.4) is 0 Å². The van der Waals surface area contributed by atoms with Crippen LogP contribution in [0.15, 0.2) is 24.3 Å². The van der Waals surface area contributed by atoms with E-state index >= 15 is 0 Å². The Morgan fingerprint density at radius 1 is 1.35 bits per heavy atom. The Labute approximate surface area is 119 Å². The molecule has 0 saturated carbocycles. The number of aryl methyl sites for hydroxylation is 1. The number of aliphatic carboxylic acids is 1. The number of hydrogen-bond acceptors (Lipinski definition) is 2. The molecule has 0 aromatic heterocycles. The molecular formula is C15H22N2O3. The maximum atomic E-state index is 12.3. The number of carbonyl (C=O) groups excluding carboxylic acids is 1. The summed E-state index contributed by atoms with van der Waals surface area (Å²) >= 11 is 0. The van der Waals surface area contributed by atoms with Crippen molar-refractivity contribution >= 4 is 17.7 Å². The molecule has 5 nitrogen and oxygen atoms in total. The Balaban J connectivity index is 2.79. The van der Waals surface area contributed by atoms with Gasteiger partial charge in [-0.1, -0.05) is 19.1 Å². The van der Waals surface area contributed by atoms with Gasteiger partial charge in [-0.3, -0.25) is 9.69 Å². The van der Waals surface area contributed by atoms with Crippen LogP contribution in [0.1, 0.15) is 32.3 Å². The molecular weight excluding hydrogens is 256 g/mol. The van der Waals surface area contributed by atoms with Crippen LogP contribution in [0.5, 0.6) is 0 Å². The monoisotopic (exact) mass is 278 g/mol. The molecule has 110 valence electrons. The van der Waals surface area contributed by atoms with Crippen LogP contribution in [0, 0.1) is 6.92 Å². The van der Waals surface area contributed by atoms with E-state index in [1.165, 1.54) is 0 Å². The first kappa shape index (κ1) is 16.0. The molecule has 0 aliphatic heterocycles. The fourth-order valence-electron chi connectivity index (χ4n) is 2.00. The first-order chi connectivity index (χ1) is 9.47. The average Bonchev–Trinajstić information content (AvgIpc) is 2.38. The minimum absolute atomic E-state index is 0.0619. The van der Waals surface area contributed by atoms with E-state index in [1.54, 1.807) is 4.90 Å². The maximum Gasteiger partial charge on any atom is 0.322 e. The summed E-state index contributed by atoms with van der Waals surface area (Å²) in [6.07, 6.45) is 0.525. The first-order valence-corrected chi connectivity index (χ1v) is 6.84. The van der Waals surface area contributed by atoms with Gasteiger partial charge in [0.25, 0.3) is 0 Å². The van der Waals surface area contributed by atoms with Crippen molar-refractivity contribution in [2.75, 3.05) is 11.4 Å². The SMILES string of the molecule is CCC(CC(=O)O)NC(=O)N(CC)c1cccc(C)c1. The molecule has 0 heterocycles. The molecule has 0 saturated heterocycles. The van der Waals surface area contributed by atoms with E-state index in [9.17, 15) is 9.59 Å². The summed E-state index contributed by atoms with van der Waals surface area (Å²) < 4.78 is 0. The Morgan fingerprint density at radius 3 is 2.55 bits per heavy atom. The van der Waals surface area contributed by atoms with E-state index < -0.39 is 5.97 Å². The highest BCUT2D eigenvalue weighted by molar-refractivity contribution is 5.92. The van der Waals surface area contributed by atoms with Crippen LogP contribution in [-0.4, -0.2) is 29.7 Å². The number of nitrogens with one attached hydrogen (secondary N) is 1. The van der Waals surface area contributed by atoms with Crippen LogP contribution in [0.25, 0.3) is 0 Å². The van der Waals surface area contributed by atoms with E-state index in [0.717, 1.165) is 11.3 Å². The van der Waals surface area contributed by atoms with Gasteiger partial charge in [-0.25, -0.2) is 4.79 Å². The van der Waals surface area contributed by atoms with E-state index in [4.69, 9.17) is 5.11 Å². The summed E-state index contributed by atoms with van der Waals surface area (Å²) in [5.41, 5.74) is 1.89. The van der Waals surface area contributed by atoms with Gasteiger partial charge in [0.15, 0.2) is 0 Å². The lowest BCUT2D eigenvalue weighted by Crippen LogP contribution is -2.45. The molecule has 2 N–H and O–H groups in total. The molecule has 1 aromatic carbocycles. The van der Waals surface area contributed by atoms with Crippen LogP contribution in [-0.2, 0) is 4.79 Å². The van der Waals surface area contributed by atoms with Gasteiger partial charge in [-0.15, -0.1) is 0 Å². The number of amides is 2. The topological polar surface area (TPSA) is 69.6 Å². The molecule has 1 unspecified atom stereocenters. The van der Waals surface area contributed by atoms with Crippen molar-refractivity contribution in [3.63, 3.8) is 0 Å². The number of hydrogen-bond donors (Lipinski definition) is 2. The number of carboxylic acid groups (broad SMARTS) is 1. The second-order valence-electron chi connectivity index (χ2n) is 4.74. The number of urea groups is 1. The minimum atomic E-state index is -0.907. The lowest BCUT2D eigenvalue weighted by atomic mass is 10.1. The summed E-state index contributed by atoms with van der Waals surface area (Å²) in [6.45, 7) is 6.24. The predicted octanol–water partition coefficient (Wildman–Crippen LogP) is 2.78. The molecule has 0 aliphatic rings. The highest BCUT2D eigenvalue weighted by Gasteiger charge is 2.19. The predicted molar refractivity (Wildman–Crippen MR) is 79.1 cm³/mol. The van der Waals surface area contributed by atoms with Gasteiger partial charge < -0.3 is 10.4 Å². The van der Waals surface area contributed by atoms with Gasteiger partial charge in [-0.2, -0.15) is 0 Å². The van der Waals surface area contributed by atoms with Crippen molar-refractivity contribution in [1.29, 1.82) is 0 Å². The third-order valence-corrected chi connectivity index (χ3v) is 3.12. The maximum absolute atomic E-state index is 12.3. The molecule has 20 heavy (non-hydrogen) atoms. The highest BCUT2D eigenvalue weighted by Crippen LogP contribution is 2.16. The fraction of sp³-hybridized carbons (Fsp3) is 0.467. The molecule has 1 aromatic rings. The van der Waals surface area contributed by atoms with Crippen LogP contribution >= 0.6 is 0 Å². The first-order valence-electron chi connectivity index (χ1n) is 6.84. The van der Waals surface area contributed by atoms with Gasteiger partial charge in [0.2, 0.25) is 0 Å². The number of benzene rings is 1. The number of nitrogens with zero attached hydrogens (tertiary/aromatic N) is 1. The third-order valence-electron chi connectivity index (χ3n) is 3.12. The van der Waals surface area contributed by atoms with E-state index in [-0.39, 0.29) is 18.5 Å². The molecule has 5 heteroatoms. The van der Waals surface area contributed by atoms with E-state index in [2.05, 4.69) is 5.32 Å². The molecule has 0 radical (unpaired) electrons. The number of anilines is 1. The zero-order valence-electron chi connectivity index (χ0n) is 12.2. The minimum Gasteiger partial charge on any atom is -0.481 e. The fourth-order valence-corrected chi connectivity index (χ4v) is 2.00.